The Kier molecular flexibility index (Phi) is 5.45. The van der Waals surface area contributed by atoms with Crippen LogP contribution in [0.2, 0.25) is 0 Å². The number of ether oxygens (including phenoxy) is 1. The highest BCUT2D eigenvalue weighted by Crippen LogP contribution is 2.23. The molecule has 2 unspecified atom stereocenters. The Bertz CT molecular complexity index is 479. The topological polar surface area (TPSA) is 130 Å². The van der Waals surface area contributed by atoms with Crippen LogP contribution in [0.15, 0.2) is 0 Å². The summed E-state index contributed by atoms with van der Waals surface area (Å²) in [6, 6.07) is -1.07. The Morgan fingerprint density at radius 3 is 2.60 bits per heavy atom. The normalized spacial score (nSPS) is 24.0. The van der Waals surface area contributed by atoms with E-state index in [1.54, 1.807) is 0 Å². The highest BCUT2D eigenvalue weighted by molar-refractivity contribution is 7.86. The van der Waals surface area contributed by atoms with E-state index in [2.05, 4.69) is 4.74 Å². The predicted octanol–water partition coefficient (Wildman–Crippen LogP) is -2.35. The Hall–Kier alpha value is -1.23. The van der Waals surface area contributed by atoms with Crippen molar-refractivity contribution in [2.75, 3.05) is 27.2 Å². The van der Waals surface area contributed by atoms with E-state index in [4.69, 9.17) is 5.73 Å². The fourth-order valence-corrected chi connectivity index (χ4v) is 3.50. The Balaban J connectivity index is 2.81. The highest BCUT2D eigenvalue weighted by atomic mass is 32.2. The van der Waals surface area contributed by atoms with E-state index in [-0.39, 0.29) is 25.9 Å². The second-order valence-electron chi connectivity index (χ2n) is 4.53. The van der Waals surface area contributed by atoms with Crippen LogP contribution >= 0.6 is 0 Å². The molecule has 0 aliphatic carbocycles. The summed E-state index contributed by atoms with van der Waals surface area (Å²) in [5.74, 6) is -1.36. The summed E-state index contributed by atoms with van der Waals surface area (Å²) in [4.78, 5) is 22.3. The van der Waals surface area contributed by atoms with Crippen molar-refractivity contribution in [1.29, 1.82) is 0 Å². The van der Waals surface area contributed by atoms with E-state index < -0.39 is 34.2 Å². The molecule has 0 aromatic carbocycles. The largest absolute Gasteiger partial charge is 0.469 e. The number of carbonyl (C=O) groups is 2. The Labute approximate surface area is 117 Å². The first-order valence-corrected chi connectivity index (χ1v) is 7.37. The van der Waals surface area contributed by atoms with Crippen molar-refractivity contribution in [1.82, 2.24) is 8.61 Å². The van der Waals surface area contributed by atoms with Gasteiger partial charge in [-0.15, -0.1) is 0 Å². The minimum Gasteiger partial charge on any atom is -0.469 e. The number of amides is 1. The molecule has 0 spiro atoms. The van der Waals surface area contributed by atoms with Crippen LogP contribution in [0.5, 0.6) is 0 Å². The molecule has 1 rings (SSSR count). The van der Waals surface area contributed by atoms with Gasteiger partial charge in [-0.3, -0.25) is 9.59 Å². The maximum atomic E-state index is 12.3. The third-order valence-corrected chi connectivity index (χ3v) is 5.08. The number of aliphatic hydroxyl groups excluding tert-OH is 1. The van der Waals surface area contributed by atoms with E-state index >= 15 is 0 Å². The number of β-amino-alcohol motifs (C(OH)–C–C–N with tert-alkyl or cyclic N) is 1. The molecule has 0 bridgehead atoms. The molecule has 1 heterocycles. The summed E-state index contributed by atoms with van der Waals surface area (Å²) < 4.78 is 30.8. The van der Waals surface area contributed by atoms with Gasteiger partial charge in [-0.1, -0.05) is 0 Å². The summed E-state index contributed by atoms with van der Waals surface area (Å²) in [6.45, 7) is -0.286. The van der Waals surface area contributed by atoms with Gasteiger partial charge in [-0.05, 0) is 0 Å². The number of esters is 1. The average molecular weight is 309 g/mol. The molecule has 2 atom stereocenters. The van der Waals surface area contributed by atoms with Gasteiger partial charge < -0.3 is 15.6 Å². The standard InChI is InChI=1S/C10H19N3O6S/c1-12(4-3-9(15)19-2)20(17,18)13-6-7(14)5-8(13)10(11)16/h7-8,14H,3-6H2,1-2H3,(H2,11,16). The summed E-state index contributed by atoms with van der Waals surface area (Å²) in [6.07, 6.45) is -1.07. The zero-order valence-electron chi connectivity index (χ0n) is 11.4. The van der Waals surface area contributed by atoms with Gasteiger partial charge in [0.15, 0.2) is 0 Å². The van der Waals surface area contributed by atoms with Crippen LogP contribution in [-0.4, -0.2) is 73.4 Å². The van der Waals surface area contributed by atoms with E-state index in [0.29, 0.717) is 0 Å². The molecule has 0 saturated carbocycles. The number of methoxy groups -OCH3 is 1. The summed E-state index contributed by atoms with van der Waals surface area (Å²) in [5, 5.41) is 9.51. The first-order valence-electron chi connectivity index (χ1n) is 5.97. The number of carbonyl (C=O) groups excluding carboxylic acids is 2. The second kappa shape index (κ2) is 6.48. The molecule has 1 aliphatic heterocycles. The second-order valence-corrected chi connectivity index (χ2v) is 6.52. The highest BCUT2D eigenvalue weighted by Gasteiger charge is 2.43. The predicted molar refractivity (Wildman–Crippen MR) is 68.5 cm³/mol. The quantitative estimate of drug-likeness (QED) is 0.528. The number of hydrogen-bond donors (Lipinski definition) is 2. The number of rotatable bonds is 6. The van der Waals surface area contributed by atoms with Gasteiger partial charge in [0.1, 0.15) is 6.04 Å². The fourth-order valence-electron chi connectivity index (χ4n) is 1.94. The molecule has 1 fully saturated rings. The fraction of sp³-hybridized carbons (Fsp3) is 0.800. The van der Waals surface area contributed by atoms with Gasteiger partial charge in [0.05, 0.1) is 19.6 Å². The number of nitrogens with zero attached hydrogens (tertiary/aromatic N) is 2. The number of hydrogen-bond acceptors (Lipinski definition) is 6. The first kappa shape index (κ1) is 16.8. The van der Waals surface area contributed by atoms with Gasteiger partial charge in [-0.25, -0.2) is 0 Å². The van der Waals surface area contributed by atoms with Crippen molar-refractivity contribution in [3.05, 3.63) is 0 Å². The maximum absolute atomic E-state index is 12.3. The van der Waals surface area contributed by atoms with Crippen LogP contribution in [-0.2, 0) is 24.5 Å². The molecular formula is C10H19N3O6S. The summed E-state index contributed by atoms with van der Waals surface area (Å²) >= 11 is 0. The van der Waals surface area contributed by atoms with Gasteiger partial charge in [0.2, 0.25) is 5.91 Å². The lowest BCUT2D eigenvalue weighted by Gasteiger charge is -2.26. The minimum atomic E-state index is -3.97. The van der Waals surface area contributed by atoms with Crippen LogP contribution in [0.25, 0.3) is 0 Å². The zero-order chi connectivity index (χ0) is 15.5. The van der Waals surface area contributed by atoms with Crippen LogP contribution < -0.4 is 5.73 Å². The van der Waals surface area contributed by atoms with Crippen molar-refractivity contribution >= 4 is 22.1 Å². The lowest BCUT2D eigenvalue weighted by Crippen LogP contribution is -2.49. The molecule has 116 valence electrons. The van der Waals surface area contributed by atoms with Crippen LogP contribution in [0.1, 0.15) is 12.8 Å². The molecule has 9 nitrogen and oxygen atoms in total. The number of aliphatic hydroxyl groups is 1. The molecule has 10 heteroatoms. The van der Waals surface area contributed by atoms with E-state index in [1.807, 2.05) is 0 Å². The van der Waals surface area contributed by atoms with Gasteiger partial charge in [-0.2, -0.15) is 17.0 Å². The van der Waals surface area contributed by atoms with E-state index in [9.17, 15) is 23.1 Å². The third kappa shape index (κ3) is 3.66. The van der Waals surface area contributed by atoms with Crippen molar-refractivity contribution in [2.45, 2.75) is 25.0 Å². The van der Waals surface area contributed by atoms with E-state index in [1.165, 1.54) is 14.2 Å². The van der Waals surface area contributed by atoms with E-state index in [0.717, 1.165) is 8.61 Å². The molecule has 3 N–H and O–H groups in total. The SMILES string of the molecule is COC(=O)CCN(C)S(=O)(=O)N1CC(O)CC1C(N)=O. The first-order chi connectivity index (χ1) is 9.20. The van der Waals surface area contributed by atoms with Crippen LogP contribution in [0.4, 0.5) is 0 Å². The third-order valence-electron chi connectivity index (χ3n) is 3.11. The summed E-state index contributed by atoms with van der Waals surface area (Å²) in [5.41, 5.74) is 5.14. The molecule has 1 saturated heterocycles. The van der Waals surface area contributed by atoms with Crippen molar-refractivity contribution in [2.24, 2.45) is 5.73 Å². The molecule has 1 aliphatic rings. The smallest absolute Gasteiger partial charge is 0.306 e. The lowest BCUT2D eigenvalue weighted by molar-refractivity contribution is -0.140. The Morgan fingerprint density at radius 2 is 2.10 bits per heavy atom. The van der Waals surface area contributed by atoms with Crippen LogP contribution in [0, 0.1) is 0 Å². The molecule has 0 radical (unpaired) electrons. The average Bonchev–Trinajstić information content (AvgIpc) is 2.78. The van der Waals surface area contributed by atoms with Gasteiger partial charge >= 0.3 is 5.97 Å². The molecular weight excluding hydrogens is 290 g/mol. The molecule has 1 amide bonds. The Morgan fingerprint density at radius 1 is 1.50 bits per heavy atom. The molecule has 0 aromatic heterocycles. The molecule has 20 heavy (non-hydrogen) atoms. The maximum Gasteiger partial charge on any atom is 0.306 e. The van der Waals surface area contributed by atoms with Crippen molar-refractivity contribution in [3.63, 3.8) is 0 Å². The minimum absolute atomic E-state index is 0.0284. The van der Waals surface area contributed by atoms with Gasteiger partial charge in [0, 0.05) is 26.6 Å². The number of primary amides is 1. The lowest BCUT2D eigenvalue weighted by atomic mass is 10.2. The monoisotopic (exact) mass is 309 g/mol. The van der Waals surface area contributed by atoms with Gasteiger partial charge in [0.25, 0.3) is 10.2 Å². The molecule has 0 aromatic rings. The number of nitrogens with two attached hydrogens (primary N) is 1. The zero-order valence-corrected chi connectivity index (χ0v) is 12.2. The van der Waals surface area contributed by atoms with Crippen molar-refractivity contribution < 1.29 is 27.9 Å². The van der Waals surface area contributed by atoms with Crippen molar-refractivity contribution in [3.8, 4) is 0 Å². The van der Waals surface area contributed by atoms with Crippen LogP contribution in [0.3, 0.4) is 0 Å². The summed E-state index contributed by atoms with van der Waals surface area (Å²) in [7, 11) is -1.49.